The molecule has 18 heteroatoms. The summed E-state index contributed by atoms with van der Waals surface area (Å²) in [4.78, 5) is 57.1. The van der Waals surface area contributed by atoms with Crippen molar-refractivity contribution in [2.45, 2.75) is 39.4 Å². The van der Waals surface area contributed by atoms with Crippen LogP contribution in [0, 0.1) is 6.92 Å². The van der Waals surface area contributed by atoms with Crippen LogP contribution in [-0.4, -0.2) is 83.7 Å². The molecule has 2 N–H and O–H groups in total. The number of alkyl halides is 3. The maximum atomic E-state index is 14.3. The number of hydrogen-bond acceptors (Lipinski definition) is 10. The van der Waals surface area contributed by atoms with Gasteiger partial charge in [0.05, 0.1) is 34.3 Å². The number of anilines is 2. The summed E-state index contributed by atoms with van der Waals surface area (Å²) >= 11 is 6.14. The van der Waals surface area contributed by atoms with Crippen LogP contribution in [0.5, 0.6) is 11.5 Å². The number of nitrogens with zero attached hydrogens (tertiary/aromatic N) is 8. The number of nitrogens with one attached hydrogen (secondary N) is 1. The Labute approximate surface area is 298 Å². The number of halogens is 4. The number of aromatic nitrogens is 6. The molecule has 3 aromatic heterocycles. The van der Waals surface area contributed by atoms with E-state index in [0.29, 0.717) is 30.0 Å². The van der Waals surface area contributed by atoms with Gasteiger partial charge in [0.25, 0.3) is 11.5 Å². The quantitative estimate of drug-likeness (QED) is 0.249. The van der Waals surface area contributed by atoms with E-state index in [1.807, 2.05) is 24.0 Å². The van der Waals surface area contributed by atoms with Crippen molar-refractivity contribution < 1.29 is 32.6 Å². The highest BCUT2D eigenvalue weighted by atomic mass is 35.5. The second kappa shape index (κ2) is 13.4. The van der Waals surface area contributed by atoms with E-state index < -0.39 is 35.7 Å². The van der Waals surface area contributed by atoms with E-state index in [9.17, 15) is 32.7 Å². The highest BCUT2D eigenvalue weighted by Gasteiger charge is 2.33. The Morgan fingerprint density at radius 2 is 1.87 bits per heavy atom. The first kappa shape index (κ1) is 34.7. The smallest absolute Gasteiger partial charge is 0.416 e. The molecule has 7 rings (SSSR count). The van der Waals surface area contributed by atoms with Gasteiger partial charge in [-0.05, 0) is 37.6 Å². The third-order valence-corrected chi connectivity index (χ3v) is 9.42. The molecule has 5 aromatic rings. The SMILES string of the molecule is CCc1c(N2CCN(C(=O)c3ncnc(C)c3O)CC2)c(=O)n2nc(-c3cccc4c3CCO4)nc2n1CC(=O)Nc1ccc(C(F)(F)F)cc1Cl. The molecule has 0 spiro atoms. The van der Waals surface area contributed by atoms with Crippen LogP contribution in [0.4, 0.5) is 24.5 Å². The number of aromatic hydroxyl groups is 1. The summed E-state index contributed by atoms with van der Waals surface area (Å²) in [5.74, 6) is -0.410. The molecule has 2 aromatic carbocycles. The molecule has 1 saturated heterocycles. The lowest BCUT2D eigenvalue weighted by Gasteiger charge is -2.36. The number of fused-ring (bicyclic) bond motifs is 2. The van der Waals surface area contributed by atoms with Crippen LogP contribution in [0.2, 0.25) is 5.02 Å². The molecule has 0 bridgehead atoms. The third-order valence-electron chi connectivity index (χ3n) is 9.11. The van der Waals surface area contributed by atoms with Gasteiger partial charge in [-0.3, -0.25) is 14.4 Å². The molecule has 0 unspecified atom stereocenters. The van der Waals surface area contributed by atoms with Crippen molar-refractivity contribution in [3.05, 3.63) is 86.3 Å². The van der Waals surface area contributed by atoms with Gasteiger partial charge in [0.2, 0.25) is 11.7 Å². The minimum atomic E-state index is -4.62. The molecule has 0 aliphatic carbocycles. The van der Waals surface area contributed by atoms with Crippen LogP contribution >= 0.6 is 11.6 Å². The van der Waals surface area contributed by atoms with Gasteiger partial charge in [0, 0.05) is 43.7 Å². The maximum Gasteiger partial charge on any atom is 0.416 e. The lowest BCUT2D eigenvalue weighted by molar-refractivity contribution is -0.137. The summed E-state index contributed by atoms with van der Waals surface area (Å²) in [5.41, 5.74) is 0.930. The number of carbonyl (C=O) groups is 2. The topological polar surface area (TPSA) is 160 Å². The average molecular weight is 738 g/mol. The average Bonchev–Trinajstić information content (AvgIpc) is 3.79. The van der Waals surface area contributed by atoms with Gasteiger partial charge < -0.3 is 29.5 Å². The zero-order valence-electron chi connectivity index (χ0n) is 27.9. The first-order valence-electron chi connectivity index (χ1n) is 16.3. The number of carbonyl (C=O) groups excluding carboxylic acids is 2. The predicted molar refractivity (Wildman–Crippen MR) is 183 cm³/mol. The lowest BCUT2D eigenvalue weighted by atomic mass is 10.1. The Kier molecular flexibility index (Phi) is 8.98. The Morgan fingerprint density at radius 3 is 2.58 bits per heavy atom. The summed E-state index contributed by atoms with van der Waals surface area (Å²) < 4.78 is 48.1. The Bertz CT molecular complexity index is 2300. The Hall–Kier alpha value is -5.71. The molecule has 1 fully saturated rings. The molecule has 0 atom stereocenters. The van der Waals surface area contributed by atoms with Crippen molar-refractivity contribution in [3.63, 3.8) is 0 Å². The highest BCUT2D eigenvalue weighted by molar-refractivity contribution is 6.33. The van der Waals surface area contributed by atoms with Crippen molar-refractivity contribution in [1.82, 2.24) is 34.0 Å². The molecular formula is C34H31ClF3N9O5. The van der Waals surface area contributed by atoms with E-state index >= 15 is 0 Å². The monoisotopic (exact) mass is 737 g/mol. The van der Waals surface area contributed by atoms with Gasteiger partial charge in [-0.25, -0.2) is 9.97 Å². The maximum absolute atomic E-state index is 14.3. The summed E-state index contributed by atoms with van der Waals surface area (Å²) in [5, 5.41) is 17.3. The number of hydrogen-bond donors (Lipinski definition) is 2. The van der Waals surface area contributed by atoms with Gasteiger partial charge in [-0.2, -0.15) is 22.7 Å². The molecule has 2 amide bonds. The molecule has 2 aliphatic rings. The third kappa shape index (κ3) is 6.24. The van der Waals surface area contributed by atoms with Crippen LogP contribution in [0.25, 0.3) is 17.2 Å². The van der Waals surface area contributed by atoms with E-state index in [1.165, 1.54) is 11.2 Å². The van der Waals surface area contributed by atoms with Crippen LogP contribution in [0.1, 0.15) is 39.9 Å². The minimum Gasteiger partial charge on any atom is -0.504 e. The highest BCUT2D eigenvalue weighted by Crippen LogP contribution is 2.35. The zero-order chi connectivity index (χ0) is 36.9. The second-order valence-corrected chi connectivity index (χ2v) is 12.7. The van der Waals surface area contributed by atoms with Gasteiger partial charge in [0.1, 0.15) is 24.3 Å². The summed E-state index contributed by atoms with van der Waals surface area (Å²) in [6.45, 7) is 4.29. The molecule has 2 aliphatic heterocycles. The van der Waals surface area contributed by atoms with Crippen molar-refractivity contribution in [2.75, 3.05) is 43.0 Å². The van der Waals surface area contributed by atoms with E-state index in [2.05, 4.69) is 20.4 Å². The van der Waals surface area contributed by atoms with Crippen molar-refractivity contribution >= 4 is 40.6 Å². The second-order valence-electron chi connectivity index (χ2n) is 12.2. The van der Waals surface area contributed by atoms with Crippen LogP contribution in [-0.2, 0) is 30.4 Å². The van der Waals surface area contributed by atoms with E-state index in [0.717, 1.165) is 28.3 Å². The molecule has 14 nitrogen and oxygen atoms in total. The van der Waals surface area contributed by atoms with E-state index in [4.69, 9.17) is 21.3 Å². The first-order chi connectivity index (χ1) is 24.8. The van der Waals surface area contributed by atoms with Gasteiger partial charge in [0.15, 0.2) is 17.3 Å². The number of benzene rings is 2. The van der Waals surface area contributed by atoms with Gasteiger partial charge >= 0.3 is 6.18 Å². The summed E-state index contributed by atoms with van der Waals surface area (Å²) in [6.07, 6.45) is -2.53. The van der Waals surface area contributed by atoms with Gasteiger partial charge in [-0.1, -0.05) is 30.7 Å². The zero-order valence-corrected chi connectivity index (χ0v) is 28.6. The fraction of sp³-hybridized carbons (Fsp3) is 0.324. The molecular weight excluding hydrogens is 707 g/mol. The number of rotatable bonds is 7. The lowest BCUT2D eigenvalue weighted by Crippen LogP contribution is -2.51. The number of aryl methyl sites for hydroxylation is 1. The van der Waals surface area contributed by atoms with Crippen molar-refractivity contribution in [2.24, 2.45) is 0 Å². The molecule has 5 heterocycles. The van der Waals surface area contributed by atoms with Gasteiger partial charge in [-0.15, -0.1) is 5.10 Å². The summed E-state index contributed by atoms with van der Waals surface area (Å²) in [6, 6.07) is 8.08. The fourth-order valence-corrected chi connectivity index (χ4v) is 6.73. The summed E-state index contributed by atoms with van der Waals surface area (Å²) in [7, 11) is 0. The van der Waals surface area contributed by atoms with Crippen LogP contribution < -0.4 is 20.5 Å². The first-order valence-corrected chi connectivity index (χ1v) is 16.7. The normalized spacial score (nSPS) is 14.4. The standard InChI is InChI=1S/C34H31ClF3N9O5/c1-3-24-28(44-10-12-45(13-11-44)31(50)27-29(49)18(2)39-17-40-27)32(51)47-33(42-30(43-47)21-5-4-6-25-20(21)9-14-52-25)46(24)16-26(48)41-23-8-7-19(15-22(23)35)34(36,37)38/h4-8,15,17,49H,3,9-14,16H2,1-2H3,(H,41,48). The number of piperazine rings is 1. The molecule has 270 valence electrons. The number of ether oxygens (including phenoxy) is 1. The fourth-order valence-electron chi connectivity index (χ4n) is 6.51. The van der Waals surface area contributed by atoms with Crippen LogP contribution in [0.3, 0.4) is 0 Å². The Morgan fingerprint density at radius 1 is 1.10 bits per heavy atom. The molecule has 0 saturated carbocycles. The van der Waals surface area contributed by atoms with E-state index in [-0.39, 0.29) is 77.7 Å². The van der Waals surface area contributed by atoms with Crippen LogP contribution in [0.15, 0.2) is 47.5 Å². The predicted octanol–water partition coefficient (Wildman–Crippen LogP) is 4.13. The largest absolute Gasteiger partial charge is 0.504 e. The van der Waals surface area contributed by atoms with Crippen molar-refractivity contribution in [3.8, 4) is 22.9 Å². The Balaban J connectivity index is 1.26. The van der Waals surface area contributed by atoms with Crippen molar-refractivity contribution in [1.29, 1.82) is 0 Å². The number of amides is 2. The van der Waals surface area contributed by atoms with E-state index in [1.54, 1.807) is 17.6 Å². The molecule has 0 radical (unpaired) electrons. The molecule has 52 heavy (non-hydrogen) atoms. The minimum absolute atomic E-state index is 0.0253.